The number of rotatable bonds is 4. The van der Waals surface area contributed by atoms with Gasteiger partial charge in [0.2, 0.25) is 0 Å². The van der Waals surface area contributed by atoms with Gasteiger partial charge in [-0.05, 0) is 25.0 Å². The Bertz CT molecular complexity index is 207. The Morgan fingerprint density at radius 2 is 2.73 bits per heavy atom. The third-order valence-electron chi connectivity index (χ3n) is 1.48. The van der Waals surface area contributed by atoms with Crippen molar-refractivity contribution in [2.75, 3.05) is 7.05 Å². The van der Waals surface area contributed by atoms with Crippen LogP contribution >= 0.6 is 11.5 Å². The summed E-state index contributed by atoms with van der Waals surface area (Å²) in [7, 11) is 1.91. The van der Waals surface area contributed by atoms with Crippen LogP contribution in [0.4, 0.5) is 0 Å². The molecular formula is C7H11N3S. The molecule has 0 saturated heterocycles. The van der Waals surface area contributed by atoms with E-state index in [9.17, 15) is 0 Å². The molecule has 1 heterocycles. The average molecular weight is 169 g/mol. The van der Waals surface area contributed by atoms with Crippen LogP contribution in [-0.2, 0) is 0 Å². The molecule has 60 valence electrons. The number of hydrogen-bond acceptors (Lipinski definition) is 4. The number of nitrogens with one attached hydrogen (secondary N) is 1. The Balaban J connectivity index is 2.62. The van der Waals surface area contributed by atoms with E-state index < -0.39 is 0 Å². The second-order valence-electron chi connectivity index (χ2n) is 2.20. The molecule has 0 aliphatic rings. The van der Waals surface area contributed by atoms with Crippen molar-refractivity contribution < 1.29 is 0 Å². The van der Waals surface area contributed by atoms with Crippen LogP contribution in [0, 0.1) is 0 Å². The molecular weight excluding hydrogens is 158 g/mol. The van der Waals surface area contributed by atoms with Crippen LogP contribution in [0.5, 0.6) is 0 Å². The fraction of sp³-hybridized carbons (Fsp3) is 0.429. The lowest BCUT2D eigenvalue weighted by atomic mass is 10.1. The number of nitrogens with zero attached hydrogens (tertiary/aromatic N) is 2. The van der Waals surface area contributed by atoms with E-state index in [4.69, 9.17) is 0 Å². The van der Waals surface area contributed by atoms with Crippen LogP contribution in [0.25, 0.3) is 0 Å². The van der Waals surface area contributed by atoms with Gasteiger partial charge in [-0.25, -0.2) is 0 Å². The number of aromatic nitrogens is 2. The van der Waals surface area contributed by atoms with Crippen LogP contribution in [0.1, 0.15) is 18.2 Å². The standard InChI is InChI=1S/C7H11N3S/c1-3-4-6(8-2)7-5-11-10-9-7/h3,5-6,8H,1,4H2,2H3. The van der Waals surface area contributed by atoms with E-state index in [1.165, 1.54) is 11.5 Å². The van der Waals surface area contributed by atoms with Gasteiger partial charge in [0.15, 0.2) is 0 Å². The molecule has 4 heteroatoms. The van der Waals surface area contributed by atoms with Crippen LogP contribution < -0.4 is 5.32 Å². The van der Waals surface area contributed by atoms with Gasteiger partial charge in [-0.2, -0.15) is 0 Å². The summed E-state index contributed by atoms with van der Waals surface area (Å²) in [6.45, 7) is 3.67. The molecule has 0 fully saturated rings. The second kappa shape index (κ2) is 4.20. The third kappa shape index (κ3) is 2.10. The van der Waals surface area contributed by atoms with E-state index >= 15 is 0 Å². The molecule has 1 N–H and O–H groups in total. The summed E-state index contributed by atoms with van der Waals surface area (Å²) in [6, 6.07) is 0.270. The first kappa shape index (κ1) is 8.36. The molecule has 1 aromatic heterocycles. The fourth-order valence-electron chi connectivity index (χ4n) is 0.877. The quantitative estimate of drug-likeness (QED) is 0.692. The lowest BCUT2D eigenvalue weighted by molar-refractivity contribution is 0.585. The molecule has 1 atom stereocenters. The summed E-state index contributed by atoms with van der Waals surface area (Å²) >= 11 is 1.37. The minimum Gasteiger partial charge on any atom is -0.311 e. The van der Waals surface area contributed by atoms with Gasteiger partial charge in [0.25, 0.3) is 0 Å². The van der Waals surface area contributed by atoms with Gasteiger partial charge < -0.3 is 5.32 Å². The summed E-state index contributed by atoms with van der Waals surface area (Å²) < 4.78 is 3.79. The summed E-state index contributed by atoms with van der Waals surface area (Å²) in [5.74, 6) is 0. The van der Waals surface area contributed by atoms with Gasteiger partial charge >= 0.3 is 0 Å². The molecule has 0 radical (unpaired) electrons. The van der Waals surface area contributed by atoms with E-state index in [0.717, 1.165) is 12.1 Å². The fourth-order valence-corrected chi connectivity index (χ4v) is 1.38. The van der Waals surface area contributed by atoms with Crippen molar-refractivity contribution in [1.29, 1.82) is 0 Å². The average Bonchev–Trinajstić information content (AvgIpc) is 2.52. The van der Waals surface area contributed by atoms with Gasteiger partial charge in [0, 0.05) is 5.38 Å². The van der Waals surface area contributed by atoms with Crippen LogP contribution in [-0.4, -0.2) is 16.6 Å². The molecule has 3 nitrogen and oxygen atoms in total. The lowest BCUT2D eigenvalue weighted by Gasteiger charge is -2.08. The van der Waals surface area contributed by atoms with Crippen molar-refractivity contribution in [1.82, 2.24) is 14.9 Å². The maximum absolute atomic E-state index is 3.96. The first-order valence-corrected chi connectivity index (χ1v) is 4.27. The highest BCUT2D eigenvalue weighted by molar-refractivity contribution is 7.03. The Morgan fingerprint density at radius 1 is 1.91 bits per heavy atom. The third-order valence-corrected chi connectivity index (χ3v) is 2.01. The van der Waals surface area contributed by atoms with Gasteiger partial charge in [0.1, 0.15) is 0 Å². The van der Waals surface area contributed by atoms with Crippen LogP contribution in [0.3, 0.4) is 0 Å². The smallest absolute Gasteiger partial charge is 0.0927 e. The van der Waals surface area contributed by atoms with E-state index in [1.54, 1.807) is 0 Å². The zero-order valence-electron chi connectivity index (χ0n) is 6.45. The molecule has 0 aromatic carbocycles. The minimum absolute atomic E-state index is 0.270. The van der Waals surface area contributed by atoms with Crippen molar-refractivity contribution in [3.05, 3.63) is 23.7 Å². The molecule has 1 aromatic rings. The summed E-state index contributed by atoms with van der Waals surface area (Å²) in [5, 5.41) is 9.05. The lowest BCUT2D eigenvalue weighted by Crippen LogP contribution is -2.15. The molecule has 0 saturated carbocycles. The highest BCUT2D eigenvalue weighted by Gasteiger charge is 2.08. The zero-order chi connectivity index (χ0) is 8.10. The van der Waals surface area contributed by atoms with Crippen molar-refractivity contribution in [2.45, 2.75) is 12.5 Å². The predicted molar refractivity (Wildman–Crippen MR) is 46.5 cm³/mol. The molecule has 0 aliphatic heterocycles. The maximum Gasteiger partial charge on any atom is 0.0927 e. The van der Waals surface area contributed by atoms with Gasteiger partial charge in [-0.15, -0.1) is 11.7 Å². The van der Waals surface area contributed by atoms with Crippen molar-refractivity contribution in [2.24, 2.45) is 0 Å². The van der Waals surface area contributed by atoms with Gasteiger partial charge in [0.05, 0.1) is 11.7 Å². The maximum atomic E-state index is 3.96. The monoisotopic (exact) mass is 169 g/mol. The molecule has 0 amide bonds. The Labute approximate surface area is 70.3 Å². The molecule has 0 aliphatic carbocycles. The first-order valence-electron chi connectivity index (χ1n) is 3.43. The minimum atomic E-state index is 0.270. The SMILES string of the molecule is C=CCC(NC)c1csnn1. The van der Waals surface area contributed by atoms with Crippen LogP contribution in [0.15, 0.2) is 18.0 Å². The van der Waals surface area contributed by atoms with Crippen molar-refractivity contribution in [3.63, 3.8) is 0 Å². The molecule has 11 heavy (non-hydrogen) atoms. The van der Waals surface area contributed by atoms with Gasteiger partial charge in [-0.3, -0.25) is 0 Å². The largest absolute Gasteiger partial charge is 0.311 e. The highest BCUT2D eigenvalue weighted by atomic mass is 32.1. The summed E-state index contributed by atoms with van der Waals surface area (Å²) in [6.07, 6.45) is 2.77. The zero-order valence-corrected chi connectivity index (χ0v) is 7.27. The van der Waals surface area contributed by atoms with Crippen molar-refractivity contribution >= 4 is 11.5 Å². The van der Waals surface area contributed by atoms with E-state index in [2.05, 4.69) is 21.5 Å². The molecule has 1 unspecified atom stereocenters. The first-order chi connectivity index (χ1) is 5.38. The number of hydrogen-bond donors (Lipinski definition) is 1. The predicted octanol–water partition coefficient (Wildman–Crippen LogP) is 1.37. The molecule has 0 spiro atoms. The highest BCUT2D eigenvalue weighted by Crippen LogP contribution is 2.14. The Morgan fingerprint density at radius 3 is 3.18 bits per heavy atom. The summed E-state index contributed by atoms with van der Waals surface area (Å²) in [5.41, 5.74) is 0.998. The van der Waals surface area contributed by atoms with E-state index in [-0.39, 0.29) is 6.04 Å². The Hall–Kier alpha value is -0.740. The normalized spacial score (nSPS) is 12.8. The van der Waals surface area contributed by atoms with Crippen molar-refractivity contribution in [3.8, 4) is 0 Å². The second-order valence-corrected chi connectivity index (χ2v) is 2.81. The van der Waals surface area contributed by atoms with E-state index in [0.29, 0.717) is 0 Å². The van der Waals surface area contributed by atoms with Crippen LogP contribution in [0.2, 0.25) is 0 Å². The van der Waals surface area contributed by atoms with Gasteiger partial charge in [-0.1, -0.05) is 10.6 Å². The Kier molecular flexibility index (Phi) is 3.19. The molecule has 1 rings (SSSR count). The topological polar surface area (TPSA) is 37.8 Å². The molecule has 0 bridgehead atoms. The summed E-state index contributed by atoms with van der Waals surface area (Å²) in [4.78, 5) is 0. The van der Waals surface area contributed by atoms with E-state index in [1.807, 2.05) is 18.5 Å².